The molecule has 0 atom stereocenters. The van der Waals surface area contributed by atoms with Gasteiger partial charge in [0, 0.05) is 24.2 Å². The molecule has 1 saturated carbocycles. The number of likely N-dealkylation sites (N-methyl/N-ethyl adjacent to an activating group) is 1. The standard InChI is InChI=1S/C22H26Cl2N2O/c1-26(15-17-8-4-2-5-9-17)22(12-6-3-7-13-22)16-25-21(27)18-10-11-19(23)20(24)14-18/h2,4-5,8-11,14H,3,6-7,12-13,15-16H2,1H3,(H,25,27). The van der Waals surface area contributed by atoms with Crippen LogP contribution in [-0.4, -0.2) is 29.9 Å². The van der Waals surface area contributed by atoms with E-state index in [0.717, 1.165) is 19.4 Å². The van der Waals surface area contributed by atoms with E-state index in [0.29, 0.717) is 22.2 Å². The molecule has 0 heterocycles. The molecule has 0 aromatic heterocycles. The molecule has 2 aromatic carbocycles. The Kier molecular flexibility index (Phi) is 6.80. The second kappa shape index (κ2) is 9.09. The molecule has 1 aliphatic carbocycles. The van der Waals surface area contributed by atoms with Gasteiger partial charge in [0.05, 0.1) is 10.0 Å². The van der Waals surface area contributed by atoms with Crippen molar-refractivity contribution < 1.29 is 4.79 Å². The van der Waals surface area contributed by atoms with Crippen molar-refractivity contribution in [1.82, 2.24) is 10.2 Å². The zero-order chi connectivity index (χ0) is 19.3. The number of hydrogen-bond donors (Lipinski definition) is 1. The van der Waals surface area contributed by atoms with Gasteiger partial charge in [-0.1, -0.05) is 72.8 Å². The Morgan fingerprint density at radius 1 is 1.04 bits per heavy atom. The normalized spacial score (nSPS) is 16.3. The maximum Gasteiger partial charge on any atom is 0.251 e. The van der Waals surface area contributed by atoms with Crippen LogP contribution in [0.4, 0.5) is 0 Å². The number of nitrogens with one attached hydrogen (secondary N) is 1. The van der Waals surface area contributed by atoms with Crippen molar-refractivity contribution in [2.24, 2.45) is 0 Å². The van der Waals surface area contributed by atoms with Crippen molar-refractivity contribution >= 4 is 29.1 Å². The van der Waals surface area contributed by atoms with E-state index in [2.05, 4.69) is 41.5 Å². The highest BCUT2D eigenvalue weighted by Gasteiger charge is 2.36. The predicted octanol–water partition coefficient (Wildman–Crippen LogP) is 5.56. The summed E-state index contributed by atoms with van der Waals surface area (Å²) in [4.78, 5) is 15.1. The number of nitrogens with zero attached hydrogens (tertiary/aromatic N) is 1. The lowest BCUT2D eigenvalue weighted by Gasteiger charge is -2.45. The zero-order valence-electron chi connectivity index (χ0n) is 15.7. The van der Waals surface area contributed by atoms with Crippen LogP contribution in [0.3, 0.4) is 0 Å². The average Bonchev–Trinajstić information content (AvgIpc) is 2.69. The minimum atomic E-state index is -0.105. The third kappa shape index (κ3) is 5.04. The summed E-state index contributed by atoms with van der Waals surface area (Å²) < 4.78 is 0. The number of halogens is 2. The zero-order valence-corrected chi connectivity index (χ0v) is 17.2. The van der Waals surface area contributed by atoms with Crippen LogP contribution < -0.4 is 5.32 Å². The Morgan fingerprint density at radius 2 is 1.74 bits per heavy atom. The first kappa shape index (κ1) is 20.2. The van der Waals surface area contributed by atoms with E-state index >= 15 is 0 Å². The van der Waals surface area contributed by atoms with Crippen molar-refractivity contribution in [3.63, 3.8) is 0 Å². The molecule has 5 heteroatoms. The SMILES string of the molecule is CN(Cc1ccccc1)C1(CNC(=O)c2ccc(Cl)c(Cl)c2)CCCCC1. The lowest BCUT2D eigenvalue weighted by molar-refractivity contribution is 0.0617. The van der Waals surface area contributed by atoms with Gasteiger partial charge in [-0.2, -0.15) is 0 Å². The molecule has 3 rings (SSSR count). The van der Waals surface area contributed by atoms with E-state index in [1.807, 2.05) is 6.07 Å². The van der Waals surface area contributed by atoms with Crippen LogP contribution in [0, 0.1) is 0 Å². The van der Waals surface area contributed by atoms with Crippen LogP contribution in [0.2, 0.25) is 10.0 Å². The number of amides is 1. The highest BCUT2D eigenvalue weighted by atomic mass is 35.5. The van der Waals surface area contributed by atoms with Gasteiger partial charge in [-0.05, 0) is 43.7 Å². The van der Waals surface area contributed by atoms with Crippen LogP contribution in [0.5, 0.6) is 0 Å². The van der Waals surface area contributed by atoms with Crippen LogP contribution in [-0.2, 0) is 6.54 Å². The molecule has 3 nitrogen and oxygen atoms in total. The predicted molar refractivity (Wildman–Crippen MR) is 113 cm³/mol. The third-order valence-electron chi connectivity index (χ3n) is 5.62. The molecule has 144 valence electrons. The first-order valence-electron chi connectivity index (χ1n) is 9.49. The lowest BCUT2D eigenvalue weighted by Crippen LogP contribution is -2.55. The van der Waals surface area contributed by atoms with Gasteiger partial charge < -0.3 is 5.32 Å². The van der Waals surface area contributed by atoms with E-state index in [1.165, 1.54) is 24.8 Å². The van der Waals surface area contributed by atoms with Crippen molar-refractivity contribution in [2.45, 2.75) is 44.2 Å². The summed E-state index contributed by atoms with van der Waals surface area (Å²) in [5, 5.41) is 4.00. The highest BCUT2D eigenvalue weighted by Crippen LogP contribution is 2.33. The third-order valence-corrected chi connectivity index (χ3v) is 6.36. The molecule has 0 bridgehead atoms. The lowest BCUT2D eigenvalue weighted by atomic mass is 9.80. The number of hydrogen-bond acceptors (Lipinski definition) is 2. The molecule has 1 N–H and O–H groups in total. The molecule has 0 radical (unpaired) electrons. The maximum atomic E-state index is 12.6. The Hall–Kier alpha value is -1.55. The number of rotatable bonds is 6. The second-order valence-electron chi connectivity index (χ2n) is 7.44. The molecule has 27 heavy (non-hydrogen) atoms. The van der Waals surface area contributed by atoms with Gasteiger partial charge in [-0.25, -0.2) is 0 Å². The minimum absolute atomic E-state index is 0.0139. The van der Waals surface area contributed by atoms with E-state index in [9.17, 15) is 4.79 Å². The van der Waals surface area contributed by atoms with Crippen molar-refractivity contribution in [3.8, 4) is 0 Å². The van der Waals surface area contributed by atoms with Gasteiger partial charge in [0.1, 0.15) is 0 Å². The molecule has 0 unspecified atom stereocenters. The topological polar surface area (TPSA) is 32.3 Å². The van der Waals surface area contributed by atoms with Gasteiger partial charge >= 0.3 is 0 Å². The van der Waals surface area contributed by atoms with Gasteiger partial charge in [-0.15, -0.1) is 0 Å². The highest BCUT2D eigenvalue weighted by molar-refractivity contribution is 6.42. The van der Waals surface area contributed by atoms with Gasteiger partial charge in [-0.3, -0.25) is 9.69 Å². The molecule has 1 fully saturated rings. The van der Waals surface area contributed by atoms with Crippen LogP contribution >= 0.6 is 23.2 Å². The fourth-order valence-corrected chi connectivity index (χ4v) is 4.21. The molecule has 2 aromatic rings. The van der Waals surface area contributed by atoms with Crippen LogP contribution in [0.15, 0.2) is 48.5 Å². The van der Waals surface area contributed by atoms with E-state index in [1.54, 1.807) is 18.2 Å². The van der Waals surface area contributed by atoms with E-state index in [4.69, 9.17) is 23.2 Å². The fraction of sp³-hybridized carbons (Fsp3) is 0.409. The van der Waals surface area contributed by atoms with Crippen LogP contribution in [0.1, 0.15) is 48.0 Å². The summed E-state index contributed by atoms with van der Waals surface area (Å²) in [5.74, 6) is -0.105. The summed E-state index contributed by atoms with van der Waals surface area (Å²) >= 11 is 12.0. The number of carbonyl (C=O) groups is 1. The molecule has 0 saturated heterocycles. The Morgan fingerprint density at radius 3 is 2.41 bits per heavy atom. The summed E-state index contributed by atoms with van der Waals surface area (Å²) in [6.45, 7) is 1.51. The van der Waals surface area contributed by atoms with Crippen LogP contribution in [0.25, 0.3) is 0 Å². The Bertz CT molecular complexity index is 773. The van der Waals surface area contributed by atoms with E-state index < -0.39 is 0 Å². The monoisotopic (exact) mass is 404 g/mol. The molecule has 0 aliphatic heterocycles. The molecule has 0 spiro atoms. The first-order valence-corrected chi connectivity index (χ1v) is 10.2. The average molecular weight is 405 g/mol. The maximum absolute atomic E-state index is 12.6. The number of carbonyl (C=O) groups excluding carboxylic acids is 1. The minimum Gasteiger partial charge on any atom is -0.350 e. The van der Waals surface area contributed by atoms with E-state index in [-0.39, 0.29) is 11.4 Å². The summed E-state index contributed by atoms with van der Waals surface area (Å²) in [6.07, 6.45) is 5.85. The molecular weight excluding hydrogens is 379 g/mol. The summed E-state index contributed by atoms with van der Waals surface area (Å²) in [6, 6.07) is 15.5. The van der Waals surface area contributed by atoms with Gasteiger partial charge in [0.2, 0.25) is 0 Å². The van der Waals surface area contributed by atoms with Crippen molar-refractivity contribution in [1.29, 1.82) is 0 Å². The van der Waals surface area contributed by atoms with Crippen molar-refractivity contribution in [3.05, 3.63) is 69.7 Å². The molecule has 1 aliphatic rings. The molecular formula is C22H26Cl2N2O. The Balaban J connectivity index is 1.70. The Labute approximate surface area is 171 Å². The van der Waals surface area contributed by atoms with Crippen molar-refractivity contribution in [2.75, 3.05) is 13.6 Å². The number of benzene rings is 2. The second-order valence-corrected chi connectivity index (χ2v) is 8.25. The van der Waals surface area contributed by atoms with Gasteiger partial charge in [0.25, 0.3) is 5.91 Å². The summed E-state index contributed by atoms with van der Waals surface area (Å²) in [5.41, 5.74) is 1.82. The fourth-order valence-electron chi connectivity index (χ4n) is 3.91. The largest absolute Gasteiger partial charge is 0.350 e. The molecule has 1 amide bonds. The smallest absolute Gasteiger partial charge is 0.251 e. The first-order chi connectivity index (χ1) is 13.0. The quantitative estimate of drug-likeness (QED) is 0.683. The van der Waals surface area contributed by atoms with Gasteiger partial charge in [0.15, 0.2) is 0 Å². The summed E-state index contributed by atoms with van der Waals surface area (Å²) in [7, 11) is 2.17.